The summed E-state index contributed by atoms with van der Waals surface area (Å²) >= 11 is 0. The summed E-state index contributed by atoms with van der Waals surface area (Å²) < 4.78 is 26.4. The molecule has 2 atom stereocenters. The van der Waals surface area contributed by atoms with E-state index in [-0.39, 0.29) is 30.4 Å². The average Bonchev–Trinajstić information content (AvgIpc) is 2.88. The van der Waals surface area contributed by atoms with Crippen LogP contribution in [0.15, 0.2) is 18.2 Å². The maximum atomic E-state index is 13.4. The molecule has 1 saturated carbocycles. The Labute approximate surface area is 121 Å². The molecule has 0 bridgehead atoms. The zero-order valence-corrected chi connectivity index (χ0v) is 11.4. The third-order valence-electron chi connectivity index (χ3n) is 3.78. The number of carbonyl (C=O) groups excluding carboxylic acids is 1. The molecule has 21 heavy (non-hydrogen) atoms. The smallest absolute Gasteiger partial charge is 0.306 e. The first kappa shape index (κ1) is 15.4. The molecule has 0 spiro atoms. The fourth-order valence-electron chi connectivity index (χ4n) is 2.62. The maximum absolute atomic E-state index is 13.4. The first-order chi connectivity index (χ1) is 9.95. The molecule has 1 aromatic rings. The molecule has 2 rings (SSSR count). The van der Waals surface area contributed by atoms with Crippen molar-refractivity contribution in [2.45, 2.75) is 38.1 Å². The summed E-state index contributed by atoms with van der Waals surface area (Å²) in [6, 6.07) is 3.01. The van der Waals surface area contributed by atoms with E-state index in [1.165, 1.54) is 0 Å². The van der Waals surface area contributed by atoms with Crippen LogP contribution >= 0.6 is 0 Å². The van der Waals surface area contributed by atoms with Gasteiger partial charge in [-0.05, 0) is 49.4 Å². The van der Waals surface area contributed by atoms with E-state index in [0.29, 0.717) is 19.3 Å². The lowest BCUT2D eigenvalue weighted by molar-refractivity contribution is -0.141. The molecule has 4 nitrogen and oxygen atoms in total. The number of aryl methyl sites for hydroxylation is 1. The van der Waals surface area contributed by atoms with Crippen molar-refractivity contribution in [3.8, 4) is 0 Å². The zero-order valence-electron chi connectivity index (χ0n) is 11.4. The van der Waals surface area contributed by atoms with Gasteiger partial charge in [0.25, 0.3) is 0 Å². The van der Waals surface area contributed by atoms with Crippen molar-refractivity contribution in [3.05, 3.63) is 35.4 Å². The third-order valence-corrected chi connectivity index (χ3v) is 3.78. The molecule has 0 aromatic heterocycles. The molecule has 0 radical (unpaired) electrons. The average molecular weight is 297 g/mol. The number of halogens is 2. The first-order valence-electron chi connectivity index (χ1n) is 6.92. The normalized spacial score (nSPS) is 21.2. The predicted octanol–water partition coefficient (Wildman–Crippen LogP) is 2.27. The highest BCUT2D eigenvalue weighted by Gasteiger charge is 2.30. The van der Waals surface area contributed by atoms with E-state index in [2.05, 4.69) is 5.32 Å². The Bertz CT molecular complexity index is 548. The van der Waals surface area contributed by atoms with Crippen LogP contribution in [0.2, 0.25) is 0 Å². The molecule has 2 N–H and O–H groups in total. The fraction of sp³-hybridized carbons (Fsp3) is 0.467. The summed E-state index contributed by atoms with van der Waals surface area (Å²) in [7, 11) is 0. The number of amides is 1. The predicted molar refractivity (Wildman–Crippen MR) is 71.6 cm³/mol. The molecule has 1 aliphatic carbocycles. The lowest BCUT2D eigenvalue weighted by atomic mass is 10.1. The van der Waals surface area contributed by atoms with Gasteiger partial charge in [0, 0.05) is 12.5 Å². The minimum absolute atomic E-state index is 0.0502. The van der Waals surface area contributed by atoms with Gasteiger partial charge in [-0.15, -0.1) is 0 Å². The molecular weight excluding hydrogens is 280 g/mol. The van der Waals surface area contributed by atoms with Gasteiger partial charge in [-0.3, -0.25) is 9.59 Å². The van der Waals surface area contributed by atoms with E-state index in [1.807, 2.05) is 0 Å². The van der Waals surface area contributed by atoms with Crippen LogP contribution in [0.3, 0.4) is 0 Å². The maximum Gasteiger partial charge on any atom is 0.306 e. The molecule has 0 heterocycles. The molecule has 6 heteroatoms. The molecule has 0 saturated heterocycles. The van der Waals surface area contributed by atoms with Crippen molar-refractivity contribution in [1.29, 1.82) is 0 Å². The van der Waals surface area contributed by atoms with Gasteiger partial charge in [-0.1, -0.05) is 0 Å². The van der Waals surface area contributed by atoms with Crippen molar-refractivity contribution < 1.29 is 23.5 Å². The quantitative estimate of drug-likeness (QED) is 0.876. The number of rotatable bonds is 5. The number of carboxylic acid groups (broad SMARTS) is 1. The minimum atomic E-state index is -0.839. The Hall–Kier alpha value is -1.98. The lowest BCUT2D eigenvalue weighted by Crippen LogP contribution is -2.33. The van der Waals surface area contributed by atoms with Crippen LogP contribution in [0.25, 0.3) is 0 Å². The van der Waals surface area contributed by atoms with Gasteiger partial charge in [-0.25, -0.2) is 8.78 Å². The number of hydrogen-bond donors (Lipinski definition) is 2. The van der Waals surface area contributed by atoms with Crippen LogP contribution in [0.5, 0.6) is 0 Å². The summed E-state index contributed by atoms with van der Waals surface area (Å²) in [6.45, 7) is 0. The standard InChI is InChI=1S/C15H17F2NO3/c16-11-3-5-13(17)9(7-11)2-6-14(19)18-12-4-1-10(8-12)15(20)21/h3,5,7,10,12H,1-2,4,6,8H2,(H,18,19)(H,20,21)/t10-,12+/m0/s1. The van der Waals surface area contributed by atoms with Crippen molar-refractivity contribution >= 4 is 11.9 Å². The van der Waals surface area contributed by atoms with Crippen LogP contribution < -0.4 is 5.32 Å². The van der Waals surface area contributed by atoms with Crippen LogP contribution in [-0.2, 0) is 16.0 Å². The first-order valence-corrected chi connectivity index (χ1v) is 6.92. The van der Waals surface area contributed by atoms with Gasteiger partial charge >= 0.3 is 5.97 Å². The van der Waals surface area contributed by atoms with Crippen LogP contribution in [0.4, 0.5) is 8.78 Å². The van der Waals surface area contributed by atoms with E-state index in [1.54, 1.807) is 0 Å². The second-order valence-corrected chi connectivity index (χ2v) is 5.35. The highest BCUT2D eigenvalue weighted by Crippen LogP contribution is 2.25. The van der Waals surface area contributed by atoms with Gasteiger partial charge < -0.3 is 10.4 Å². The van der Waals surface area contributed by atoms with Gasteiger partial charge in [0.05, 0.1) is 5.92 Å². The molecule has 1 amide bonds. The summed E-state index contributed by atoms with van der Waals surface area (Å²) in [6.07, 6.45) is 1.78. The molecule has 114 valence electrons. The summed E-state index contributed by atoms with van der Waals surface area (Å²) in [5, 5.41) is 11.6. The van der Waals surface area contributed by atoms with Crippen LogP contribution in [0.1, 0.15) is 31.2 Å². The third kappa shape index (κ3) is 4.24. The Balaban J connectivity index is 1.80. The van der Waals surface area contributed by atoms with Crippen LogP contribution in [0, 0.1) is 17.6 Å². The lowest BCUT2D eigenvalue weighted by Gasteiger charge is -2.12. The Kier molecular flexibility index (Phi) is 4.88. The molecule has 1 aliphatic rings. The van der Waals surface area contributed by atoms with E-state index >= 15 is 0 Å². The second-order valence-electron chi connectivity index (χ2n) is 5.35. The van der Waals surface area contributed by atoms with E-state index in [0.717, 1.165) is 18.2 Å². The summed E-state index contributed by atoms with van der Waals surface area (Å²) in [5.74, 6) is -2.58. The Morgan fingerprint density at radius 1 is 1.29 bits per heavy atom. The van der Waals surface area contributed by atoms with Gasteiger partial charge in [0.15, 0.2) is 0 Å². The number of carboxylic acids is 1. The van der Waals surface area contributed by atoms with Crippen molar-refractivity contribution in [3.63, 3.8) is 0 Å². The largest absolute Gasteiger partial charge is 0.481 e. The summed E-state index contributed by atoms with van der Waals surface area (Å²) in [4.78, 5) is 22.6. The van der Waals surface area contributed by atoms with Crippen LogP contribution in [-0.4, -0.2) is 23.0 Å². The number of aliphatic carboxylic acids is 1. The zero-order chi connectivity index (χ0) is 15.4. The van der Waals surface area contributed by atoms with Crippen molar-refractivity contribution in [2.24, 2.45) is 5.92 Å². The number of carbonyl (C=O) groups is 2. The van der Waals surface area contributed by atoms with E-state index in [9.17, 15) is 18.4 Å². The topological polar surface area (TPSA) is 66.4 Å². The van der Waals surface area contributed by atoms with E-state index in [4.69, 9.17) is 5.11 Å². The van der Waals surface area contributed by atoms with Gasteiger partial charge in [0.1, 0.15) is 11.6 Å². The highest BCUT2D eigenvalue weighted by molar-refractivity contribution is 5.77. The van der Waals surface area contributed by atoms with E-state index < -0.39 is 23.5 Å². The van der Waals surface area contributed by atoms with Gasteiger partial charge in [0.2, 0.25) is 5.91 Å². The molecule has 1 aromatic carbocycles. The molecule has 0 aliphatic heterocycles. The van der Waals surface area contributed by atoms with Gasteiger partial charge in [-0.2, -0.15) is 0 Å². The Morgan fingerprint density at radius 2 is 2.05 bits per heavy atom. The van der Waals surface area contributed by atoms with Crippen molar-refractivity contribution in [2.75, 3.05) is 0 Å². The monoisotopic (exact) mass is 297 g/mol. The number of benzene rings is 1. The number of hydrogen-bond acceptors (Lipinski definition) is 2. The highest BCUT2D eigenvalue weighted by atomic mass is 19.1. The Morgan fingerprint density at radius 3 is 2.71 bits per heavy atom. The molecule has 1 fully saturated rings. The second kappa shape index (κ2) is 6.65. The molecular formula is C15H17F2NO3. The van der Waals surface area contributed by atoms with Crippen molar-refractivity contribution in [1.82, 2.24) is 5.32 Å². The molecule has 0 unspecified atom stereocenters. The minimum Gasteiger partial charge on any atom is -0.481 e. The number of nitrogens with one attached hydrogen (secondary N) is 1. The SMILES string of the molecule is O=C(CCc1cc(F)ccc1F)N[C@@H]1CC[C@H](C(=O)O)C1. The fourth-order valence-corrected chi connectivity index (χ4v) is 2.62. The summed E-state index contributed by atoms with van der Waals surface area (Å²) in [5.41, 5.74) is 0.167.